The normalized spacial score (nSPS) is 11.5. The number of para-hydroxylation sites is 1. The lowest BCUT2D eigenvalue weighted by atomic mass is 10.2. The van der Waals surface area contributed by atoms with Crippen molar-refractivity contribution in [3.05, 3.63) is 96.1 Å². The van der Waals surface area contributed by atoms with Crippen molar-refractivity contribution in [2.45, 2.75) is 12.9 Å². The zero-order valence-electron chi connectivity index (χ0n) is 14.3. The summed E-state index contributed by atoms with van der Waals surface area (Å²) in [5, 5.41) is 6.34. The number of benzene rings is 3. The van der Waals surface area contributed by atoms with Gasteiger partial charge in [0.1, 0.15) is 5.75 Å². The summed E-state index contributed by atoms with van der Waals surface area (Å²) in [5.41, 5.74) is 2.67. The van der Waals surface area contributed by atoms with E-state index in [-0.39, 0.29) is 5.75 Å². The number of alkyl halides is 3. The second-order valence-electron chi connectivity index (χ2n) is 5.74. The number of hydrogen-bond donors (Lipinski definition) is 0. The fraction of sp³-hybridized carbons (Fsp3) is 0.0952. The molecule has 0 amide bonds. The van der Waals surface area contributed by atoms with E-state index in [1.165, 1.54) is 24.3 Å². The van der Waals surface area contributed by atoms with Crippen LogP contribution in [0.15, 0.2) is 90.0 Å². The van der Waals surface area contributed by atoms with Gasteiger partial charge in [-0.3, -0.25) is 5.01 Å². The molecule has 3 nitrogen and oxygen atoms in total. The van der Waals surface area contributed by atoms with Crippen molar-refractivity contribution in [2.75, 3.05) is 5.01 Å². The molecule has 0 N–H and O–H groups in total. The first kappa shape index (κ1) is 18.5. The van der Waals surface area contributed by atoms with Gasteiger partial charge in [-0.2, -0.15) is 5.10 Å². The maximum absolute atomic E-state index is 12.2. The third kappa shape index (κ3) is 5.88. The summed E-state index contributed by atoms with van der Waals surface area (Å²) in [6, 6.07) is 25.1. The molecule has 27 heavy (non-hydrogen) atoms. The van der Waals surface area contributed by atoms with Crippen molar-refractivity contribution < 1.29 is 17.9 Å². The van der Waals surface area contributed by atoms with Crippen molar-refractivity contribution in [1.29, 1.82) is 0 Å². The molecule has 0 fully saturated rings. The lowest BCUT2D eigenvalue weighted by molar-refractivity contribution is -0.274. The van der Waals surface area contributed by atoms with Crippen molar-refractivity contribution in [2.24, 2.45) is 5.10 Å². The largest absolute Gasteiger partial charge is 0.573 e. The number of hydrogen-bond acceptors (Lipinski definition) is 3. The van der Waals surface area contributed by atoms with Crippen molar-refractivity contribution in [1.82, 2.24) is 0 Å². The molecule has 0 aliphatic carbocycles. The van der Waals surface area contributed by atoms with Gasteiger partial charge < -0.3 is 4.74 Å². The molecule has 3 aromatic carbocycles. The number of nitrogens with zero attached hydrogens (tertiary/aromatic N) is 2. The zero-order valence-corrected chi connectivity index (χ0v) is 14.3. The van der Waals surface area contributed by atoms with Gasteiger partial charge in [-0.15, -0.1) is 13.2 Å². The van der Waals surface area contributed by atoms with Gasteiger partial charge in [0.2, 0.25) is 0 Å². The lowest BCUT2D eigenvalue weighted by Crippen LogP contribution is -2.17. The Morgan fingerprint density at radius 1 is 0.815 bits per heavy atom. The first-order valence-electron chi connectivity index (χ1n) is 8.26. The maximum Gasteiger partial charge on any atom is 0.573 e. The number of rotatable bonds is 6. The second kappa shape index (κ2) is 8.40. The van der Waals surface area contributed by atoms with Gasteiger partial charge in [0.25, 0.3) is 0 Å². The predicted octanol–water partition coefficient (Wildman–Crippen LogP) is 5.63. The Morgan fingerprint density at radius 2 is 1.41 bits per heavy atom. The van der Waals surface area contributed by atoms with Crippen molar-refractivity contribution in [3.8, 4) is 5.75 Å². The van der Waals surface area contributed by atoms with Crippen LogP contribution >= 0.6 is 0 Å². The number of anilines is 1. The quantitative estimate of drug-likeness (QED) is 0.415. The smallest absolute Gasteiger partial charge is 0.406 e. The third-order valence-corrected chi connectivity index (χ3v) is 3.69. The van der Waals surface area contributed by atoms with Gasteiger partial charge in [0.15, 0.2) is 0 Å². The standard InChI is InChI=1S/C21H17F3N2O/c22-21(23,24)27-20-13-11-17(12-14-20)15-25-26(19-9-5-2-6-10-19)16-18-7-3-1-4-8-18/h1-15H,16H2/b25-15-. The van der Waals surface area contributed by atoms with E-state index in [1.807, 2.05) is 65.7 Å². The molecule has 138 valence electrons. The van der Waals surface area contributed by atoms with E-state index < -0.39 is 6.36 Å². The Balaban J connectivity index is 1.77. The van der Waals surface area contributed by atoms with E-state index >= 15 is 0 Å². The topological polar surface area (TPSA) is 24.8 Å². The molecule has 0 saturated carbocycles. The van der Waals surface area contributed by atoms with Crippen LogP contribution in [-0.2, 0) is 6.54 Å². The molecule has 0 saturated heterocycles. The molecule has 6 heteroatoms. The third-order valence-electron chi connectivity index (χ3n) is 3.69. The first-order chi connectivity index (χ1) is 13.0. The van der Waals surface area contributed by atoms with Crippen molar-refractivity contribution >= 4 is 11.9 Å². The Bertz CT molecular complexity index is 863. The molecule has 0 bridgehead atoms. The highest BCUT2D eigenvalue weighted by Gasteiger charge is 2.30. The van der Waals surface area contributed by atoms with E-state index in [4.69, 9.17) is 0 Å². The highest BCUT2D eigenvalue weighted by atomic mass is 19.4. The number of ether oxygens (including phenoxy) is 1. The summed E-state index contributed by atoms with van der Waals surface area (Å²) in [7, 11) is 0. The van der Waals surface area contributed by atoms with Crippen LogP contribution in [0.1, 0.15) is 11.1 Å². The Kier molecular flexibility index (Phi) is 5.76. The highest BCUT2D eigenvalue weighted by molar-refractivity contribution is 5.80. The summed E-state index contributed by atoms with van der Waals surface area (Å²) in [6.45, 7) is 0.566. The molecule has 3 aromatic rings. The molecule has 0 aromatic heterocycles. The van der Waals surface area contributed by atoms with Gasteiger partial charge in [-0.05, 0) is 47.5 Å². The number of halogens is 3. The molecule has 0 spiro atoms. The summed E-state index contributed by atoms with van der Waals surface area (Å²) in [4.78, 5) is 0. The fourth-order valence-electron chi connectivity index (χ4n) is 2.45. The molecular weight excluding hydrogens is 353 g/mol. The first-order valence-corrected chi connectivity index (χ1v) is 8.26. The van der Waals surface area contributed by atoms with E-state index in [9.17, 15) is 13.2 Å². The summed E-state index contributed by atoms with van der Waals surface area (Å²) >= 11 is 0. The van der Waals surface area contributed by atoms with E-state index in [2.05, 4.69) is 9.84 Å². The molecule has 3 rings (SSSR count). The van der Waals surface area contributed by atoms with Crippen LogP contribution in [-0.4, -0.2) is 12.6 Å². The summed E-state index contributed by atoms with van der Waals surface area (Å²) in [6.07, 6.45) is -3.09. The molecule has 0 atom stereocenters. The van der Waals surface area contributed by atoms with E-state index in [1.54, 1.807) is 6.21 Å². The average Bonchev–Trinajstić information content (AvgIpc) is 2.66. The minimum Gasteiger partial charge on any atom is -0.406 e. The Hall–Kier alpha value is -3.28. The van der Waals surface area contributed by atoms with Gasteiger partial charge in [-0.25, -0.2) is 0 Å². The lowest BCUT2D eigenvalue weighted by Gasteiger charge is -2.19. The molecular formula is C21H17F3N2O. The summed E-state index contributed by atoms with van der Waals surface area (Å²) in [5.74, 6) is -0.260. The monoisotopic (exact) mass is 370 g/mol. The molecule has 0 heterocycles. The van der Waals surface area contributed by atoms with Crippen LogP contribution in [0.2, 0.25) is 0 Å². The second-order valence-corrected chi connectivity index (χ2v) is 5.74. The van der Waals surface area contributed by atoms with Crippen LogP contribution in [0.4, 0.5) is 18.9 Å². The molecule has 0 unspecified atom stereocenters. The van der Waals surface area contributed by atoms with Crippen LogP contribution in [0.25, 0.3) is 0 Å². The predicted molar refractivity (Wildman–Crippen MR) is 99.8 cm³/mol. The van der Waals surface area contributed by atoms with Gasteiger partial charge in [0.05, 0.1) is 18.4 Å². The van der Waals surface area contributed by atoms with Crippen LogP contribution in [0, 0.1) is 0 Å². The Morgan fingerprint density at radius 3 is 2.00 bits per heavy atom. The molecule has 0 aliphatic heterocycles. The van der Waals surface area contributed by atoms with Gasteiger partial charge in [-0.1, -0.05) is 48.5 Å². The van der Waals surface area contributed by atoms with Crippen LogP contribution in [0.3, 0.4) is 0 Å². The van der Waals surface area contributed by atoms with Crippen molar-refractivity contribution in [3.63, 3.8) is 0 Å². The van der Waals surface area contributed by atoms with Gasteiger partial charge >= 0.3 is 6.36 Å². The SMILES string of the molecule is FC(F)(F)Oc1ccc(/C=N\N(Cc2ccccc2)c2ccccc2)cc1. The fourth-order valence-corrected chi connectivity index (χ4v) is 2.45. The minimum atomic E-state index is -4.70. The van der Waals surface area contributed by atoms with Crippen LogP contribution in [0.5, 0.6) is 5.75 Å². The van der Waals surface area contributed by atoms with E-state index in [0.717, 1.165) is 11.3 Å². The summed E-state index contributed by atoms with van der Waals surface area (Å²) < 4.78 is 40.6. The zero-order chi connectivity index (χ0) is 19.1. The maximum atomic E-state index is 12.2. The average molecular weight is 370 g/mol. The number of hydrazone groups is 1. The molecule has 0 aliphatic rings. The minimum absolute atomic E-state index is 0.260. The highest BCUT2D eigenvalue weighted by Crippen LogP contribution is 2.23. The Labute approximate surface area is 155 Å². The van der Waals surface area contributed by atoms with E-state index in [0.29, 0.717) is 12.1 Å². The molecule has 0 radical (unpaired) electrons. The van der Waals surface area contributed by atoms with Gasteiger partial charge in [0, 0.05) is 0 Å². The van der Waals surface area contributed by atoms with Crippen LogP contribution < -0.4 is 9.75 Å².